The molecule has 8 aromatic rings. The number of hydrogen-bond acceptors (Lipinski definition) is 2. The molecule has 0 saturated heterocycles. The van der Waals surface area contributed by atoms with Crippen LogP contribution in [0.15, 0.2) is 140 Å². The lowest BCUT2D eigenvalue weighted by Crippen LogP contribution is -2.32. The summed E-state index contributed by atoms with van der Waals surface area (Å²) in [7, 11) is 0. The molecule has 0 unspecified atom stereocenters. The lowest BCUT2D eigenvalue weighted by atomic mass is 10.1. The molecule has 5 heteroatoms. The van der Waals surface area contributed by atoms with Gasteiger partial charge in [0.15, 0.2) is 0 Å². The highest BCUT2D eigenvalue weighted by molar-refractivity contribution is 6.09. The van der Waals surface area contributed by atoms with Gasteiger partial charge in [-0.25, -0.2) is 4.98 Å². The summed E-state index contributed by atoms with van der Waals surface area (Å²) in [5.74, 6) is 2.40. The van der Waals surface area contributed by atoms with E-state index in [2.05, 4.69) is 150 Å². The highest BCUT2D eigenvalue weighted by Crippen LogP contribution is 2.35. The molecule has 0 N–H and O–H groups in total. The molecule has 222 valence electrons. The Morgan fingerprint density at radius 3 is 2.24 bits per heavy atom. The van der Waals surface area contributed by atoms with Crippen molar-refractivity contribution >= 4 is 21.8 Å². The zero-order valence-corrected chi connectivity index (χ0v) is 26.0. The Morgan fingerprint density at radius 2 is 1.39 bits per heavy atom. The van der Waals surface area contributed by atoms with Crippen molar-refractivity contribution in [3.05, 3.63) is 163 Å². The molecule has 0 atom stereocenters. The molecule has 0 aliphatic rings. The van der Waals surface area contributed by atoms with E-state index in [0.29, 0.717) is 0 Å². The molecule has 0 amide bonds. The second kappa shape index (κ2) is 11.2. The average molecular weight is 597 g/mol. The summed E-state index contributed by atoms with van der Waals surface area (Å²) in [5.41, 5.74) is 9.95. The monoisotopic (exact) mass is 596 g/mol. The second-order valence-corrected chi connectivity index (χ2v) is 11.7. The number of para-hydroxylation sites is 1. The number of aryl methyl sites for hydroxylation is 1. The minimum atomic E-state index is 0.754. The minimum Gasteiger partial charge on any atom is -0.458 e. The first-order chi connectivity index (χ1) is 22.5. The quantitative estimate of drug-likeness (QED) is 0.142. The molecule has 0 saturated carbocycles. The normalized spacial score (nSPS) is 11.4. The van der Waals surface area contributed by atoms with Gasteiger partial charge in [-0.15, -0.1) is 0 Å². The van der Waals surface area contributed by atoms with Gasteiger partial charge in [0.05, 0.1) is 33.8 Å². The third-order valence-electron chi connectivity index (χ3n) is 8.69. The van der Waals surface area contributed by atoms with Crippen molar-refractivity contribution in [2.75, 3.05) is 0 Å². The van der Waals surface area contributed by atoms with Crippen molar-refractivity contribution in [3.63, 3.8) is 0 Å². The Balaban J connectivity index is 1.15. The van der Waals surface area contributed by atoms with Crippen LogP contribution in [0.4, 0.5) is 0 Å². The molecule has 0 spiro atoms. The molecule has 5 aromatic carbocycles. The number of fused-ring (bicyclic) bond motifs is 3. The van der Waals surface area contributed by atoms with Gasteiger partial charge >= 0.3 is 0 Å². The van der Waals surface area contributed by atoms with E-state index in [1.807, 2.05) is 30.5 Å². The lowest BCUT2D eigenvalue weighted by Gasteiger charge is -2.11. The Morgan fingerprint density at radius 1 is 0.630 bits per heavy atom. The fraction of sp³-hybridized carbons (Fsp3) is 0.0732. The van der Waals surface area contributed by atoms with Gasteiger partial charge in [0, 0.05) is 23.0 Å². The Kier molecular flexibility index (Phi) is 6.72. The summed E-state index contributed by atoms with van der Waals surface area (Å²) < 4.78 is 12.9. The summed E-state index contributed by atoms with van der Waals surface area (Å²) in [6, 6.07) is 46.1. The first-order valence-electron chi connectivity index (χ1n) is 15.5. The molecule has 0 radical (unpaired) electrons. The highest BCUT2D eigenvalue weighted by atomic mass is 16.5. The number of hydrogen-bond donors (Lipinski definition) is 0. The molecule has 3 heterocycles. The molecular weight excluding hydrogens is 564 g/mol. The second-order valence-electron chi connectivity index (χ2n) is 11.7. The van der Waals surface area contributed by atoms with Crippen molar-refractivity contribution in [3.8, 4) is 39.8 Å². The van der Waals surface area contributed by atoms with E-state index < -0.39 is 0 Å². The zero-order valence-electron chi connectivity index (χ0n) is 26.0. The van der Waals surface area contributed by atoms with Crippen molar-refractivity contribution in [1.82, 2.24) is 14.1 Å². The van der Waals surface area contributed by atoms with Crippen LogP contribution >= 0.6 is 0 Å². The van der Waals surface area contributed by atoms with Crippen molar-refractivity contribution < 1.29 is 9.30 Å². The number of pyridine rings is 1. The third kappa shape index (κ3) is 4.83. The van der Waals surface area contributed by atoms with Crippen LogP contribution in [0.1, 0.15) is 17.0 Å². The first kappa shape index (κ1) is 27.6. The molecule has 8 rings (SSSR count). The lowest BCUT2D eigenvalue weighted by molar-refractivity contribution is -0.606. The molecule has 0 fully saturated rings. The Labute approximate surface area is 268 Å². The van der Waals surface area contributed by atoms with Crippen LogP contribution in [0.25, 0.3) is 50.1 Å². The minimum absolute atomic E-state index is 0.754. The summed E-state index contributed by atoms with van der Waals surface area (Å²) in [5, 5.41) is 2.35. The van der Waals surface area contributed by atoms with Gasteiger partial charge in [-0.3, -0.25) is 13.7 Å². The van der Waals surface area contributed by atoms with Crippen LogP contribution in [0, 0.1) is 27.1 Å². The van der Waals surface area contributed by atoms with Gasteiger partial charge in [-0.05, 0) is 92.1 Å². The molecule has 0 bridgehead atoms. The van der Waals surface area contributed by atoms with Crippen molar-refractivity contribution in [2.24, 2.45) is 0 Å². The maximum absolute atomic E-state index is 6.51. The maximum atomic E-state index is 6.51. The van der Waals surface area contributed by atoms with Gasteiger partial charge in [-0.2, -0.15) is 0 Å². The Hall–Kier alpha value is -5.94. The van der Waals surface area contributed by atoms with Crippen molar-refractivity contribution in [2.45, 2.75) is 20.8 Å². The fourth-order valence-corrected chi connectivity index (χ4v) is 6.21. The van der Waals surface area contributed by atoms with Crippen molar-refractivity contribution in [1.29, 1.82) is 0 Å². The van der Waals surface area contributed by atoms with Gasteiger partial charge in [-0.1, -0.05) is 72.8 Å². The van der Waals surface area contributed by atoms with Crippen LogP contribution in [0.2, 0.25) is 0 Å². The number of nitrogens with zero attached hydrogens (tertiary/aromatic N) is 4. The van der Waals surface area contributed by atoms with Crippen LogP contribution in [-0.4, -0.2) is 14.1 Å². The molecule has 0 aliphatic heterocycles. The van der Waals surface area contributed by atoms with E-state index in [-0.39, 0.29) is 0 Å². The third-order valence-corrected chi connectivity index (χ3v) is 8.69. The topological polar surface area (TPSA) is 35.9 Å². The summed E-state index contributed by atoms with van der Waals surface area (Å²) in [6.45, 7) is 6.32. The SMILES string of the molecule is Cc1ccc(-n2c3ccccc3c3ccc(Oc4cccc(-n5[c-][n+](-c6cccc(-c7ccccc7)c6)c(C)c5C)c4)cc32)nc1. The zero-order chi connectivity index (χ0) is 31.2. The Bertz CT molecular complexity index is 2370. The molecular formula is C41H32N4O. The van der Waals surface area contributed by atoms with E-state index in [1.165, 1.54) is 16.5 Å². The number of rotatable bonds is 6. The van der Waals surface area contributed by atoms with Crippen LogP contribution in [0.3, 0.4) is 0 Å². The summed E-state index contributed by atoms with van der Waals surface area (Å²) in [4.78, 5) is 4.75. The largest absolute Gasteiger partial charge is 0.458 e. The van der Waals surface area contributed by atoms with Crippen LogP contribution < -0.4 is 9.30 Å². The predicted octanol–water partition coefficient (Wildman–Crippen LogP) is 9.43. The average Bonchev–Trinajstić information content (AvgIpc) is 3.59. The summed E-state index contributed by atoms with van der Waals surface area (Å²) in [6.07, 6.45) is 5.50. The van der Waals surface area contributed by atoms with E-state index in [1.54, 1.807) is 0 Å². The molecule has 5 nitrogen and oxygen atoms in total. The van der Waals surface area contributed by atoms with Gasteiger partial charge < -0.3 is 4.74 Å². The smallest absolute Gasteiger partial charge is 0.269 e. The fourth-order valence-electron chi connectivity index (χ4n) is 6.21. The van der Waals surface area contributed by atoms with E-state index in [9.17, 15) is 0 Å². The number of aromatic nitrogens is 4. The standard InChI is InChI=1S/C41H32N4O/c1-28-19-22-41(42-26-28)45-39-18-8-7-17-37(39)38-21-20-36(25-40(38)45)46-35-16-10-15-34(24-35)44-27-43(29(2)30(44)3)33-14-9-13-32(23-33)31-11-5-4-6-12-31/h4-26H,1-3H3. The van der Waals surface area contributed by atoms with Gasteiger partial charge in [0.25, 0.3) is 6.33 Å². The maximum Gasteiger partial charge on any atom is 0.269 e. The molecule has 3 aromatic heterocycles. The van der Waals surface area contributed by atoms with Gasteiger partial charge in [0.2, 0.25) is 0 Å². The molecule has 0 aliphatic carbocycles. The van der Waals surface area contributed by atoms with E-state index >= 15 is 0 Å². The molecule has 46 heavy (non-hydrogen) atoms. The summed E-state index contributed by atoms with van der Waals surface area (Å²) >= 11 is 0. The number of benzene rings is 5. The highest BCUT2D eigenvalue weighted by Gasteiger charge is 2.16. The number of imidazole rings is 1. The van der Waals surface area contributed by atoms with Gasteiger partial charge in [0.1, 0.15) is 17.3 Å². The van der Waals surface area contributed by atoms with E-state index in [4.69, 9.17) is 9.72 Å². The predicted molar refractivity (Wildman–Crippen MR) is 184 cm³/mol. The number of ether oxygens (including phenoxy) is 1. The van der Waals surface area contributed by atoms with E-state index in [0.717, 1.165) is 62.1 Å². The first-order valence-corrected chi connectivity index (χ1v) is 15.5. The van der Waals surface area contributed by atoms with Crippen LogP contribution in [0.5, 0.6) is 11.5 Å². The van der Waals surface area contributed by atoms with Crippen LogP contribution in [-0.2, 0) is 0 Å².